The smallest absolute Gasteiger partial charge is 0.253 e. The first-order valence-electron chi connectivity index (χ1n) is 10.3. The molecule has 0 aliphatic carbocycles. The first-order valence-corrected chi connectivity index (χ1v) is 10.7. The summed E-state index contributed by atoms with van der Waals surface area (Å²) in [5.41, 5.74) is 4.86. The van der Waals surface area contributed by atoms with Crippen LogP contribution in [-0.4, -0.2) is 15.5 Å². The molecule has 5 nitrogen and oxygen atoms in total. The Morgan fingerprint density at radius 2 is 1.90 bits per heavy atom. The lowest BCUT2D eigenvalue weighted by Gasteiger charge is -2.13. The van der Waals surface area contributed by atoms with Gasteiger partial charge in [0.25, 0.3) is 11.5 Å². The number of aryl methyl sites for hydroxylation is 2. The number of amides is 1. The number of nitrogens with one attached hydrogen (secondary N) is 2. The molecule has 2 aromatic heterocycles. The zero-order valence-corrected chi connectivity index (χ0v) is 18.3. The Labute approximate surface area is 180 Å². The van der Waals surface area contributed by atoms with Crippen LogP contribution < -0.4 is 10.9 Å². The molecule has 0 radical (unpaired) electrons. The number of H-pyrrole nitrogens is 1. The number of hydrogen-bond acceptors (Lipinski definition) is 2. The highest BCUT2D eigenvalue weighted by Gasteiger charge is 2.20. The van der Waals surface area contributed by atoms with E-state index in [9.17, 15) is 9.59 Å². The number of nitrogens with zero attached hydrogens (tertiary/aromatic N) is 1. The number of allylic oxidation sites excluding steroid dienone is 2. The average Bonchev–Trinajstić information content (AvgIpc) is 3.04. The highest BCUT2D eigenvalue weighted by atomic mass is 35.5. The van der Waals surface area contributed by atoms with Gasteiger partial charge in [-0.3, -0.25) is 9.59 Å². The maximum absolute atomic E-state index is 13.2. The topological polar surface area (TPSA) is 66.9 Å². The van der Waals surface area contributed by atoms with Crippen molar-refractivity contribution in [2.24, 2.45) is 0 Å². The van der Waals surface area contributed by atoms with Gasteiger partial charge in [-0.15, -0.1) is 0 Å². The van der Waals surface area contributed by atoms with E-state index in [-0.39, 0.29) is 24.1 Å². The van der Waals surface area contributed by atoms with Crippen molar-refractivity contribution in [1.29, 1.82) is 0 Å². The van der Waals surface area contributed by atoms with E-state index in [2.05, 4.69) is 47.1 Å². The Kier molecular flexibility index (Phi) is 5.56. The third-order valence-electron chi connectivity index (χ3n) is 5.65. The van der Waals surface area contributed by atoms with E-state index in [1.54, 1.807) is 6.07 Å². The summed E-state index contributed by atoms with van der Waals surface area (Å²) in [5.74, 6) is -0.223. The van der Waals surface area contributed by atoms with Crippen LogP contribution in [0.4, 0.5) is 0 Å². The predicted molar refractivity (Wildman–Crippen MR) is 121 cm³/mol. The van der Waals surface area contributed by atoms with Crippen molar-refractivity contribution in [2.75, 3.05) is 0 Å². The van der Waals surface area contributed by atoms with Crippen LogP contribution in [0.1, 0.15) is 59.1 Å². The molecule has 1 aliphatic heterocycles. The lowest BCUT2D eigenvalue weighted by Crippen LogP contribution is -2.28. The van der Waals surface area contributed by atoms with Gasteiger partial charge < -0.3 is 14.9 Å². The van der Waals surface area contributed by atoms with E-state index < -0.39 is 0 Å². The second-order valence-electron chi connectivity index (χ2n) is 8.18. The van der Waals surface area contributed by atoms with Gasteiger partial charge in [0.2, 0.25) is 0 Å². The van der Waals surface area contributed by atoms with Gasteiger partial charge in [0.1, 0.15) is 0 Å². The molecule has 0 fully saturated rings. The molecule has 6 heteroatoms. The number of carbonyl (C=O) groups is 1. The summed E-state index contributed by atoms with van der Waals surface area (Å²) in [5, 5.41) is 4.40. The number of rotatable bonds is 1. The Balaban J connectivity index is 1.86. The highest BCUT2D eigenvalue weighted by molar-refractivity contribution is 6.32. The SMILES string of the molecule is Cc1cc2c(c(=O)[nH]1)CNC(=O)c1cc(Cl)cc3c1c(cn3C(C)C)CC=CCC2. The summed E-state index contributed by atoms with van der Waals surface area (Å²) in [7, 11) is 0. The van der Waals surface area contributed by atoms with Crippen LogP contribution in [0.3, 0.4) is 0 Å². The van der Waals surface area contributed by atoms with Gasteiger partial charge in [0.15, 0.2) is 0 Å². The lowest BCUT2D eigenvalue weighted by atomic mass is 10.0. The summed E-state index contributed by atoms with van der Waals surface area (Å²) in [6.45, 7) is 6.29. The van der Waals surface area contributed by atoms with Crippen molar-refractivity contribution >= 4 is 28.4 Å². The van der Waals surface area contributed by atoms with Crippen molar-refractivity contribution in [3.8, 4) is 0 Å². The van der Waals surface area contributed by atoms with Crippen molar-refractivity contribution in [3.05, 3.63) is 79.9 Å². The van der Waals surface area contributed by atoms with Gasteiger partial charge in [-0.2, -0.15) is 0 Å². The average molecular weight is 424 g/mol. The maximum Gasteiger partial charge on any atom is 0.253 e. The number of hydrogen-bond donors (Lipinski definition) is 2. The van der Waals surface area contributed by atoms with Crippen LogP contribution in [0, 0.1) is 6.92 Å². The van der Waals surface area contributed by atoms with Crippen molar-refractivity contribution < 1.29 is 4.79 Å². The van der Waals surface area contributed by atoms with Crippen molar-refractivity contribution in [2.45, 2.75) is 52.6 Å². The zero-order chi connectivity index (χ0) is 21.4. The molecule has 4 rings (SSSR count). The molecule has 0 bridgehead atoms. The lowest BCUT2D eigenvalue weighted by molar-refractivity contribution is 0.0952. The van der Waals surface area contributed by atoms with Gasteiger partial charge in [0.05, 0.1) is 11.1 Å². The Bertz CT molecular complexity index is 1220. The number of benzene rings is 1. The molecule has 1 amide bonds. The standard InChI is InChI=1S/C24H26ClN3O2/c1-14(2)28-13-17-8-6-4-5-7-16-9-15(3)27-24(30)20(16)12-26-23(29)19-10-18(25)11-21(28)22(17)19/h4,6,9-11,13-14H,5,7-8,12H2,1-3H3,(H,26,29)(H,27,30). The number of fused-ring (bicyclic) bond motifs is 1. The van der Waals surface area contributed by atoms with Crippen LogP contribution in [0.5, 0.6) is 0 Å². The van der Waals surface area contributed by atoms with E-state index >= 15 is 0 Å². The molecule has 0 spiro atoms. The van der Waals surface area contributed by atoms with Gasteiger partial charge >= 0.3 is 0 Å². The second kappa shape index (κ2) is 8.15. The fraction of sp³-hybridized carbons (Fsp3) is 0.333. The van der Waals surface area contributed by atoms with Crippen LogP contribution >= 0.6 is 11.6 Å². The molecule has 1 aliphatic rings. The zero-order valence-electron chi connectivity index (χ0n) is 17.5. The van der Waals surface area contributed by atoms with Crippen molar-refractivity contribution in [1.82, 2.24) is 14.9 Å². The molecule has 156 valence electrons. The number of aromatic amines is 1. The molecule has 0 atom stereocenters. The molecular formula is C24H26ClN3O2. The highest BCUT2D eigenvalue weighted by Crippen LogP contribution is 2.32. The third-order valence-corrected chi connectivity index (χ3v) is 5.87. The normalized spacial score (nSPS) is 14.8. The maximum atomic E-state index is 13.2. The number of halogens is 1. The Morgan fingerprint density at radius 3 is 2.67 bits per heavy atom. The van der Waals surface area contributed by atoms with Gasteiger partial charge in [-0.05, 0) is 69.4 Å². The molecular weight excluding hydrogens is 398 g/mol. The van der Waals surface area contributed by atoms with Crippen LogP contribution in [0.25, 0.3) is 10.9 Å². The first-order chi connectivity index (χ1) is 14.3. The Morgan fingerprint density at radius 1 is 1.10 bits per heavy atom. The van der Waals surface area contributed by atoms with E-state index in [1.165, 1.54) is 0 Å². The summed E-state index contributed by atoms with van der Waals surface area (Å²) in [6.07, 6.45) is 8.75. The van der Waals surface area contributed by atoms with E-state index in [4.69, 9.17) is 11.6 Å². The molecule has 3 heterocycles. The minimum atomic E-state index is -0.223. The molecule has 0 unspecified atom stereocenters. The molecule has 30 heavy (non-hydrogen) atoms. The first kappa shape index (κ1) is 20.5. The second-order valence-corrected chi connectivity index (χ2v) is 8.62. The van der Waals surface area contributed by atoms with Crippen LogP contribution in [-0.2, 0) is 19.4 Å². The summed E-state index contributed by atoms with van der Waals surface area (Å²) in [4.78, 5) is 28.6. The van der Waals surface area contributed by atoms with E-state index in [1.807, 2.05) is 19.1 Å². The van der Waals surface area contributed by atoms with Crippen molar-refractivity contribution in [3.63, 3.8) is 0 Å². The monoisotopic (exact) mass is 423 g/mol. The quantitative estimate of drug-likeness (QED) is 0.549. The number of aromatic nitrogens is 2. The fourth-order valence-corrected chi connectivity index (χ4v) is 4.44. The van der Waals surface area contributed by atoms with Crippen LogP contribution in [0.15, 0.2) is 41.3 Å². The fourth-order valence-electron chi connectivity index (χ4n) is 4.23. The Hall–Kier alpha value is -2.79. The van der Waals surface area contributed by atoms with E-state index in [0.29, 0.717) is 16.1 Å². The van der Waals surface area contributed by atoms with Gasteiger partial charge in [-0.1, -0.05) is 23.8 Å². The van der Waals surface area contributed by atoms with Gasteiger partial charge in [0, 0.05) is 40.4 Å². The molecule has 0 saturated heterocycles. The summed E-state index contributed by atoms with van der Waals surface area (Å²) < 4.78 is 2.16. The van der Waals surface area contributed by atoms with Crippen LogP contribution in [0.2, 0.25) is 5.02 Å². The van der Waals surface area contributed by atoms with Gasteiger partial charge in [-0.25, -0.2) is 0 Å². The molecule has 1 aromatic carbocycles. The molecule has 0 saturated carbocycles. The number of carbonyl (C=O) groups excluding carboxylic acids is 1. The molecule has 3 aromatic rings. The molecule has 2 N–H and O–H groups in total. The largest absolute Gasteiger partial charge is 0.348 e. The van der Waals surface area contributed by atoms with E-state index in [0.717, 1.165) is 47.0 Å². The predicted octanol–water partition coefficient (Wildman–Crippen LogP) is 4.85. The third kappa shape index (κ3) is 3.82. The number of pyridine rings is 1. The minimum Gasteiger partial charge on any atom is -0.348 e. The minimum absolute atomic E-state index is 0.146. The summed E-state index contributed by atoms with van der Waals surface area (Å²) in [6, 6.07) is 5.87. The summed E-state index contributed by atoms with van der Waals surface area (Å²) >= 11 is 6.39.